The van der Waals surface area contributed by atoms with Crippen molar-refractivity contribution in [2.45, 2.75) is 19.4 Å². The second kappa shape index (κ2) is 15.0. The van der Waals surface area contributed by atoms with E-state index in [2.05, 4.69) is 21.2 Å². The quantitative estimate of drug-likeness (QED) is 0.260. The zero-order valence-corrected chi connectivity index (χ0v) is 23.5. The first kappa shape index (κ1) is 29.1. The van der Waals surface area contributed by atoms with Crippen LogP contribution in [0.25, 0.3) is 0 Å². The number of furan rings is 1. The second-order valence-electron chi connectivity index (χ2n) is 8.51. The Balaban J connectivity index is 1.74. The third-order valence-corrected chi connectivity index (χ3v) is 6.59. The maximum atomic E-state index is 13.6. The summed E-state index contributed by atoms with van der Waals surface area (Å²) in [5, 5.41) is 2.89. The molecule has 204 valence electrons. The lowest BCUT2D eigenvalue weighted by molar-refractivity contribution is -0.132. The Hall–Kier alpha value is -3.50. The van der Waals surface area contributed by atoms with Crippen LogP contribution in [0.5, 0.6) is 11.5 Å². The number of rotatable bonds is 14. The van der Waals surface area contributed by atoms with Crippen LogP contribution in [0.4, 0.5) is 10.5 Å². The van der Waals surface area contributed by atoms with Crippen molar-refractivity contribution < 1.29 is 28.2 Å². The average Bonchev–Trinajstić information content (AvgIpc) is 3.44. The summed E-state index contributed by atoms with van der Waals surface area (Å²) in [7, 11) is 4.79. The number of carbonyl (C=O) groups excluding carboxylic acids is 2. The molecule has 0 saturated heterocycles. The van der Waals surface area contributed by atoms with Crippen molar-refractivity contribution in [2.24, 2.45) is 0 Å². The predicted molar refractivity (Wildman–Crippen MR) is 149 cm³/mol. The first-order chi connectivity index (χ1) is 18.4. The number of methoxy groups -OCH3 is 3. The van der Waals surface area contributed by atoms with Crippen LogP contribution >= 0.6 is 15.9 Å². The normalized spacial score (nSPS) is 10.6. The van der Waals surface area contributed by atoms with Crippen molar-refractivity contribution in [3.63, 3.8) is 0 Å². The predicted octanol–water partition coefficient (Wildman–Crippen LogP) is 5.20. The van der Waals surface area contributed by atoms with Gasteiger partial charge in [-0.05, 0) is 70.7 Å². The van der Waals surface area contributed by atoms with Crippen LogP contribution in [0.3, 0.4) is 0 Å². The van der Waals surface area contributed by atoms with Crippen LogP contribution in [-0.4, -0.2) is 69.3 Å². The molecule has 38 heavy (non-hydrogen) atoms. The number of nitrogens with zero attached hydrogens (tertiary/aromatic N) is 2. The van der Waals surface area contributed by atoms with Crippen LogP contribution in [-0.2, 0) is 22.5 Å². The third-order valence-electron chi connectivity index (χ3n) is 5.90. The number of urea groups is 1. The summed E-state index contributed by atoms with van der Waals surface area (Å²) in [6.07, 6.45) is 2.76. The molecule has 2 aromatic carbocycles. The lowest BCUT2D eigenvalue weighted by Gasteiger charge is -2.28. The van der Waals surface area contributed by atoms with Crippen LogP contribution < -0.4 is 14.8 Å². The van der Waals surface area contributed by atoms with Gasteiger partial charge in [0.15, 0.2) is 11.5 Å². The standard InChI is InChI=1S/C28H34BrN3O6/c1-35-16-7-14-32(28(34)30-24-10-5-4-9-23(24)29)20-27(33)31(19-22-8-6-17-38-22)15-13-21-11-12-25(36-2)26(18-21)37-3/h4-6,8-12,17-18H,7,13-16,19-20H2,1-3H3,(H,30,34). The van der Waals surface area contributed by atoms with E-state index in [1.165, 1.54) is 4.90 Å². The molecule has 0 spiro atoms. The van der Waals surface area contributed by atoms with E-state index in [0.29, 0.717) is 55.5 Å². The molecule has 1 heterocycles. The van der Waals surface area contributed by atoms with Crippen molar-refractivity contribution in [3.8, 4) is 11.5 Å². The first-order valence-corrected chi connectivity index (χ1v) is 13.0. The number of halogens is 1. The maximum absolute atomic E-state index is 13.6. The van der Waals surface area contributed by atoms with Gasteiger partial charge in [-0.1, -0.05) is 18.2 Å². The van der Waals surface area contributed by atoms with Gasteiger partial charge in [0.05, 0.1) is 32.7 Å². The number of ether oxygens (including phenoxy) is 3. The molecule has 0 aliphatic carbocycles. The Labute approximate surface area is 231 Å². The van der Waals surface area contributed by atoms with Gasteiger partial charge in [0.2, 0.25) is 5.91 Å². The van der Waals surface area contributed by atoms with Gasteiger partial charge in [-0.3, -0.25) is 4.79 Å². The summed E-state index contributed by atoms with van der Waals surface area (Å²) in [5.74, 6) is 1.74. The van der Waals surface area contributed by atoms with Crippen LogP contribution in [0.1, 0.15) is 17.7 Å². The molecule has 1 N–H and O–H groups in total. The van der Waals surface area contributed by atoms with Crippen LogP contribution in [0.15, 0.2) is 69.8 Å². The highest BCUT2D eigenvalue weighted by molar-refractivity contribution is 9.10. The summed E-state index contributed by atoms with van der Waals surface area (Å²) in [6.45, 7) is 1.46. The van der Waals surface area contributed by atoms with E-state index in [4.69, 9.17) is 18.6 Å². The number of nitrogens with one attached hydrogen (secondary N) is 1. The van der Waals surface area contributed by atoms with Crippen molar-refractivity contribution in [1.29, 1.82) is 0 Å². The molecule has 0 saturated carbocycles. The second-order valence-corrected chi connectivity index (χ2v) is 9.37. The number of carbonyl (C=O) groups is 2. The number of anilines is 1. The Morgan fingerprint density at radius 2 is 1.74 bits per heavy atom. The molecule has 3 aromatic rings. The van der Waals surface area contributed by atoms with Gasteiger partial charge in [0.25, 0.3) is 0 Å². The van der Waals surface area contributed by atoms with E-state index in [1.807, 2.05) is 42.5 Å². The molecule has 1 aromatic heterocycles. The molecular formula is C28H34BrN3O6. The molecule has 0 radical (unpaired) electrons. The largest absolute Gasteiger partial charge is 0.493 e. The molecule has 3 amide bonds. The fourth-order valence-corrected chi connectivity index (χ4v) is 4.24. The van der Waals surface area contributed by atoms with E-state index in [9.17, 15) is 9.59 Å². The zero-order chi connectivity index (χ0) is 27.3. The van der Waals surface area contributed by atoms with E-state index in [-0.39, 0.29) is 25.0 Å². The highest BCUT2D eigenvalue weighted by atomic mass is 79.9. The number of para-hydroxylation sites is 1. The summed E-state index contributed by atoms with van der Waals surface area (Å²) in [5.41, 5.74) is 1.62. The van der Waals surface area contributed by atoms with E-state index >= 15 is 0 Å². The van der Waals surface area contributed by atoms with Crippen molar-refractivity contribution in [1.82, 2.24) is 9.80 Å². The molecule has 0 aliphatic heterocycles. The molecular weight excluding hydrogens is 554 g/mol. The zero-order valence-electron chi connectivity index (χ0n) is 21.9. The van der Waals surface area contributed by atoms with Crippen molar-refractivity contribution >= 4 is 33.6 Å². The lowest BCUT2D eigenvalue weighted by atomic mass is 10.1. The third kappa shape index (κ3) is 8.53. The first-order valence-electron chi connectivity index (χ1n) is 12.3. The Bertz CT molecular complexity index is 1170. The van der Waals surface area contributed by atoms with E-state index in [1.54, 1.807) is 44.6 Å². The fourth-order valence-electron chi connectivity index (χ4n) is 3.86. The monoisotopic (exact) mass is 587 g/mol. The number of benzene rings is 2. The van der Waals surface area contributed by atoms with Gasteiger partial charge in [-0.2, -0.15) is 0 Å². The minimum Gasteiger partial charge on any atom is -0.493 e. The topological polar surface area (TPSA) is 93.5 Å². The minimum absolute atomic E-state index is 0.0906. The molecule has 10 heteroatoms. The average molecular weight is 588 g/mol. The number of amides is 3. The highest BCUT2D eigenvalue weighted by Crippen LogP contribution is 2.28. The molecule has 0 bridgehead atoms. The van der Waals surface area contributed by atoms with E-state index < -0.39 is 0 Å². The van der Waals surface area contributed by atoms with Crippen molar-refractivity contribution in [2.75, 3.05) is 52.9 Å². The van der Waals surface area contributed by atoms with Gasteiger partial charge >= 0.3 is 6.03 Å². The van der Waals surface area contributed by atoms with Gasteiger partial charge in [-0.15, -0.1) is 0 Å². The smallest absolute Gasteiger partial charge is 0.322 e. The maximum Gasteiger partial charge on any atom is 0.322 e. The summed E-state index contributed by atoms with van der Waals surface area (Å²) in [4.78, 5) is 29.9. The summed E-state index contributed by atoms with van der Waals surface area (Å²) >= 11 is 3.45. The Morgan fingerprint density at radius 3 is 2.42 bits per heavy atom. The van der Waals surface area contributed by atoms with Gasteiger partial charge < -0.3 is 33.7 Å². The molecule has 0 aliphatic rings. The van der Waals surface area contributed by atoms with Crippen LogP contribution in [0, 0.1) is 0 Å². The molecule has 0 unspecified atom stereocenters. The molecule has 3 rings (SSSR count). The van der Waals surface area contributed by atoms with Crippen LogP contribution in [0.2, 0.25) is 0 Å². The van der Waals surface area contributed by atoms with Gasteiger partial charge in [-0.25, -0.2) is 4.79 Å². The van der Waals surface area contributed by atoms with Gasteiger partial charge in [0, 0.05) is 31.3 Å². The summed E-state index contributed by atoms with van der Waals surface area (Å²) < 4.78 is 22.2. The van der Waals surface area contributed by atoms with E-state index in [0.717, 1.165) is 10.0 Å². The lowest BCUT2D eigenvalue weighted by Crippen LogP contribution is -2.45. The molecule has 9 nitrogen and oxygen atoms in total. The fraction of sp³-hybridized carbons (Fsp3) is 0.357. The molecule has 0 atom stereocenters. The highest BCUT2D eigenvalue weighted by Gasteiger charge is 2.23. The summed E-state index contributed by atoms with van der Waals surface area (Å²) in [6, 6.07) is 16.3. The number of hydrogen-bond acceptors (Lipinski definition) is 6. The SMILES string of the molecule is COCCCN(CC(=O)N(CCc1ccc(OC)c(OC)c1)Cc1ccco1)C(=O)Nc1ccccc1Br. The number of hydrogen-bond donors (Lipinski definition) is 1. The Kier molecular flexibility index (Phi) is 11.5. The van der Waals surface area contributed by atoms with Gasteiger partial charge in [0.1, 0.15) is 12.3 Å². The molecule has 0 fully saturated rings. The minimum atomic E-state index is -0.362. The Morgan fingerprint density at radius 1 is 0.947 bits per heavy atom. The van der Waals surface area contributed by atoms with Crippen molar-refractivity contribution in [3.05, 3.63) is 76.7 Å².